The molecule has 1 aliphatic heterocycles. The summed E-state index contributed by atoms with van der Waals surface area (Å²) in [6.45, 7) is 6.37. The maximum absolute atomic E-state index is 12.1. The van der Waals surface area contributed by atoms with Crippen molar-refractivity contribution in [2.75, 3.05) is 25.5 Å². The first-order valence-electron chi connectivity index (χ1n) is 6.72. The van der Waals surface area contributed by atoms with Crippen LogP contribution in [-0.4, -0.2) is 25.7 Å². The molecule has 0 radical (unpaired) electrons. The van der Waals surface area contributed by atoms with Gasteiger partial charge in [-0.05, 0) is 42.9 Å². The number of anilines is 1. The summed E-state index contributed by atoms with van der Waals surface area (Å²) in [5, 5.41) is 2.99. The Labute approximate surface area is 114 Å². The van der Waals surface area contributed by atoms with E-state index in [2.05, 4.69) is 12.2 Å². The molecule has 1 heterocycles. The summed E-state index contributed by atoms with van der Waals surface area (Å²) in [6.07, 6.45) is 1.97. The number of aryl methyl sites for hydroxylation is 1. The third-order valence-electron chi connectivity index (χ3n) is 3.83. The van der Waals surface area contributed by atoms with Gasteiger partial charge in [0.1, 0.15) is 0 Å². The van der Waals surface area contributed by atoms with Crippen LogP contribution in [0.1, 0.15) is 35.7 Å². The van der Waals surface area contributed by atoms with Gasteiger partial charge in [-0.25, -0.2) is 0 Å². The molecule has 0 atom stereocenters. The topological polar surface area (TPSA) is 64.3 Å². The number of carbonyl (C=O) groups excluding carboxylic acids is 1. The molecule has 1 saturated heterocycles. The Morgan fingerprint density at radius 3 is 2.74 bits per heavy atom. The number of ether oxygens (including phenoxy) is 1. The molecule has 1 fully saturated rings. The highest BCUT2D eigenvalue weighted by Crippen LogP contribution is 2.28. The number of nitrogens with one attached hydrogen (secondary N) is 1. The van der Waals surface area contributed by atoms with Gasteiger partial charge in [0.25, 0.3) is 5.91 Å². The molecule has 3 N–H and O–H groups in total. The molecule has 1 aromatic rings. The fourth-order valence-electron chi connectivity index (χ4n) is 2.32. The van der Waals surface area contributed by atoms with Gasteiger partial charge in [-0.3, -0.25) is 4.79 Å². The highest BCUT2D eigenvalue weighted by Gasteiger charge is 2.28. The lowest BCUT2D eigenvalue weighted by Crippen LogP contribution is -2.39. The van der Waals surface area contributed by atoms with E-state index in [1.807, 2.05) is 19.1 Å². The lowest BCUT2D eigenvalue weighted by molar-refractivity contribution is 0.0238. The van der Waals surface area contributed by atoms with Gasteiger partial charge in [0.2, 0.25) is 0 Å². The van der Waals surface area contributed by atoms with Gasteiger partial charge in [-0.1, -0.05) is 13.0 Å². The van der Waals surface area contributed by atoms with Gasteiger partial charge >= 0.3 is 0 Å². The van der Waals surface area contributed by atoms with Gasteiger partial charge in [0.05, 0.1) is 5.56 Å². The summed E-state index contributed by atoms with van der Waals surface area (Å²) in [7, 11) is 0. The van der Waals surface area contributed by atoms with Crippen molar-refractivity contribution in [1.82, 2.24) is 5.32 Å². The monoisotopic (exact) mass is 262 g/mol. The van der Waals surface area contributed by atoms with Crippen LogP contribution in [0.15, 0.2) is 18.2 Å². The zero-order valence-electron chi connectivity index (χ0n) is 11.7. The van der Waals surface area contributed by atoms with Crippen molar-refractivity contribution in [3.63, 3.8) is 0 Å². The third kappa shape index (κ3) is 3.47. The molecule has 0 spiro atoms. The first-order chi connectivity index (χ1) is 9.00. The molecule has 1 aliphatic rings. The standard InChI is InChI=1S/C15H22N2O2/c1-11-3-4-12(13(16)9-11)14(18)17-10-15(2)5-7-19-8-6-15/h3-4,9H,5-8,10,16H2,1-2H3,(H,17,18). The van der Waals surface area contributed by atoms with E-state index in [4.69, 9.17) is 10.5 Å². The summed E-state index contributed by atoms with van der Waals surface area (Å²) in [5.74, 6) is -0.0924. The molecular formula is C15H22N2O2. The Kier molecular flexibility index (Phi) is 4.10. The molecule has 0 aliphatic carbocycles. The van der Waals surface area contributed by atoms with Gasteiger partial charge in [0.15, 0.2) is 0 Å². The fraction of sp³-hybridized carbons (Fsp3) is 0.533. The molecule has 0 unspecified atom stereocenters. The van der Waals surface area contributed by atoms with E-state index in [1.165, 1.54) is 0 Å². The molecule has 1 amide bonds. The van der Waals surface area contributed by atoms with E-state index in [1.54, 1.807) is 6.07 Å². The van der Waals surface area contributed by atoms with E-state index in [-0.39, 0.29) is 11.3 Å². The second-order valence-electron chi connectivity index (χ2n) is 5.70. The Morgan fingerprint density at radius 1 is 1.42 bits per heavy atom. The lowest BCUT2D eigenvalue weighted by Gasteiger charge is -2.33. The number of hydrogen-bond acceptors (Lipinski definition) is 3. The molecule has 104 valence electrons. The van der Waals surface area contributed by atoms with Crippen LogP contribution < -0.4 is 11.1 Å². The molecule has 4 heteroatoms. The predicted molar refractivity (Wildman–Crippen MR) is 76.1 cm³/mol. The molecule has 0 bridgehead atoms. The van der Waals surface area contributed by atoms with Crippen LogP contribution in [0.2, 0.25) is 0 Å². The van der Waals surface area contributed by atoms with Crippen LogP contribution in [0.25, 0.3) is 0 Å². The molecule has 19 heavy (non-hydrogen) atoms. The lowest BCUT2D eigenvalue weighted by atomic mass is 9.82. The maximum atomic E-state index is 12.1. The van der Waals surface area contributed by atoms with Crippen LogP contribution in [0.5, 0.6) is 0 Å². The van der Waals surface area contributed by atoms with Gasteiger partial charge in [0, 0.05) is 25.4 Å². The number of benzene rings is 1. The number of amides is 1. The average molecular weight is 262 g/mol. The van der Waals surface area contributed by atoms with Crippen LogP contribution in [0.4, 0.5) is 5.69 Å². The first-order valence-corrected chi connectivity index (χ1v) is 6.72. The normalized spacial score (nSPS) is 18.0. The molecule has 0 saturated carbocycles. The van der Waals surface area contributed by atoms with Gasteiger partial charge in [-0.15, -0.1) is 0 Å². The smallest absolute Gasteiger partial charge is 0.253 e. The van der Waals surface area contributed by atoms with Crippen LogP contribution >= 0.6 is 0 Å². The first kappa shape index (κ1) is 13.9. The Balaban J connectivity index is 1.97. The third-order valence-corrected chi connectivity index (χ3v) is 3.83. The van der Waals surface area contributed by atoms with Crippen molar-refractivity contribution in [3.8, 4) is 0 Å². The summed E-state index contributed by atoms with van der Waals surface area (Å²) < 4.78 is 5.36. The Hall–Kier alpha value is -1.55. The van der Waals surface area contributed by atoms with Crippen molar-refractivity contribution in [3.05, 3.63) is 29.3 Å². The van der Waals surface area contributed by atoms with E-state index in [0.29, 0.717) is 17.8 Å². The SMILES string of the molecule is Cc1ccc(C(=O)NCC2(C)CCOCC2)c(N)c1. The zero-order valence-corrected chi connectivity index (χ0v) is 11.7. The second-order valence-corrected chi connectivity index (χ2v) is 5.70. The number of rotatable bonds is 3. The average Bonchev–Trinajstić information content (AvgIpc) is 2.37. The van der Waals surface area contributed by atoms with Gasteiger partial charge in [-0.2, -0.15) is 0 Å². The van der Waals surface area contributed by atoms with Crippen LogP contribution in [0.3, 0.4) is 0 Å². The second kappa shape index (κ2) is 5.61. The van der Waals surface area contributed by atoms with E-state index >= 15 is 0 Å². The maximum Gasteiger partial charge on any atom is 0.253 e. The largest absolute Gasteiger partial charge is 0.398 e. The summed E-state index contributed by atoms with van der Waals surface area (Å²) in [5.41, 5.74) is 8.17. The van der Waals surface area contributed by atoms with E-state index < -0.39 is 0 Å². The minimum atomic E-state index is -0.0924. The van der Waals surface area contributed by atoms with E-state index in [0.717, 1.165) is 31.6 Å². The summed E-state index contributed by atoms with van der Waals surface area (Å²) >= 11 is 0. The Morgan fingerprint density at radius 2 is 2.11 bits per heavy atom. The van der Waals surface area contributed by atoms with Crippen LogP contribution in [0, 0.1) is 12.3 Å². The van der Waals surface area contributed by atoms with Crippen molar-refractivity contribution in [1.29, 1.82) is 0 Å². The Bertz CT molecular complexity index is 465. The van der Waals surface area contributed by atoms with Gasteiger partial charge < -0.3 is 15.8 Å². The minimum Gasteiger partial charge on any atom is -0.398 e. The van der Waals surface area contributed by atoms with Crippen molar-refractivity contribution in [2.45, 2.75) is 26.7 Å². The van der Waals surface area contributed by atoms with Crippen molar-refractivity contribution >= 4 is 11.6 Å². The molecule has 0 aromatic heterocycles. The number of nitrogens with two attached hydrogens (primary N) is 1. The zero-order chi connectivity index (χ0) is 13.9. The highest BCUT2D eigenvalue weighted by atomic mass is 16.5. The molecule has 1 aromatic carbocycles. The van der Waals surface area contributed by atoms with Crippen LogP contribution in [-0.2, 0) is 4.74 Å². The molecule has 4 nitrogen and oxygen atoms in total. The summed E-state index contributed by atoms with van der Waals surface area (Å²) in [6, 6.07) is 5.51. The quantitative estimate of drug-likeness (QED) is 0.820. The minimum absolute atomic E-state index is 0.0924. The van der Waals surface area contributed by atoms with Crippen molar-refractivity contribution in [2.24, 2.45) is 5.41 Å². The molecule has 2 rings (SSSR count). The fourth-order valence-corrected chi connectivity index (χ4v) is 2.32. The number of hydrogen-bond donors (Lipinski definition) is 2. The predicted octanol–water partition coefficient (Wildman–Crippen LogP) is 2.12. The van der Waals surface area contributed by atoms with Crippen molar-refractivity contribution < 1.29 is 9.53 Å². The summed E-state index contributed by atoms with van der Waals surface area (Å²) in [4.78, 5) is 12.1. The number of nitrogen functional groups attached to an aromatic ring is 1. The van der Waals surface area contributed by atoms with E-state index in [9.17, 15) is 4.79 Å². The molecular weight excluding hydrogens is 240 g/mol. The highest BCUT2D eigenvalue weighted by molar-refractivity contribution is 5.99. The number of carbonyl (C=O) groups is 1.